The van der Waals surface area contributed by atoms with Crippen molar-refractivity contribution in [3.63, 3.8) is 0 Å². The number of aryl methyl sites for hydroxylation is 1. The molecule has 2 nitrogen and oxygen atoms in total. The zero-order valence-electron chi connectivity index (χ0n) is 11.5. The van der Waals surface area contributed by atoms with Crippen molar-refractivity contribution in [2.45, 2.75) is 20.4 Å². The summed E-state index contributed by atoms with van der Waals surface area (Å²) < 4.78 is 18.7. The van der Waals surface area contributed by atoms with Gasteiger partial charge in [-0.1, -0.05) is 17.7 Å². The fourth-order valence-electron chi connectivity index (χ4n) is 1.97. The zero-order chi connectivity index (χ0) is 14.5. The first-order valence-electron chi connectivity index (χ1n) is 6.51. The number of benzene rings is 2. The molecule has 2 rings (SSSR count). The molecule has 4 heteroatoms. The van der Waals surface area contributed by atoms with Crippen molar-refractivity contribution < 1.29 is 9.13 Å². The van der Waals surface area contributed by atoms with Gasteiger partial charge in [0.1, 0.15) is 11.6 Å². The lowest BCUT2D eigenvalue weighted by Crippen LogP contribution is -2.04. The molecule has 1 N–H and O–H groups in total. The highest BCUT2D eigenvalue weighted by atomic mass is 35.5. The highest BCUT2D eigenvalue weighted by molar-refractivity contribution is 6.30. The van der Waals surface area contributed by atoms with Crippen LogP contribution >= 0.6 is 11.6 Å². The Morgan fingerprint density at radius 3 is 2.70 bits per heavy atom. The standard InChI is InChI=1S/C16H17ClFNO/c1-3-20-16-9-14(18)6-7-15(16)19-10-12-4-5-13(17)8-11(12)2/h4-9,19H,3,10H2,1-2H3. The van der Waals surface area contributed by atoms with Crippen molar-refractivity contribution in [2.75, 3.05) is 11.9 Å². The number of nitrogens with one attached hydrogen (secondary N) is 1. The number of ether oxygens (including phenoxy) is 1. The van der Waals surface area contributed by atoms with Gasteiger partial charge in [0.05, 0.1) is 12.3 Å². The Morgan fingerprint density at radius 1 is 1.20 bits per heavy atom. The van der Waals surface area contributed by atoms with Crippen LogP contribution in [-0.4, -0.2) is 6.61 Å². The molecular formula is C16H17ClFNO. The first-order valence-corrected chi connectivity index (χ1v) is 6.89. The Labute approximate surface area is 123 Å². The molecule has 0 unspecified atom stereocenters. The second kappa shape index (κ2) is 6.62. The van der Waals surface area contributed by atoms with E-state index < -0.39 is 0 Å². The van der Waals surface area contributed by atoms with Gasteiger partial charge in [-0.25, -0.2) is 4.39 Å². The van der Waals surface area contributed by atoms with E-state index >= 15 is 0 Å². The third-order valence-electron chi connectivity index (χ3n) is 3.02. The van der Waals surface area contributed by atoms with Gasteiger partial charge in [0.2, 0.25) is 0 Å². The normalized spacial score (nSPS) is 10.4. The van der Waals surface area contributed by atoms with Crippen LogP contribution in [0.5, 0.6) is 5.75 Å². The monoisotopic (exact) mass is 293 g/mol. The number of anilines is 1. The van der Waals surface area contributed by atoms with Crippen LogP contribution in [0.3, 0.4) is 0 Å². The van der Waals surface area contributed by atoms with Crippen LogP contribution in [0, 0.1) is 12.7 Å². The molecule has 0 aliphatic carbocycles. The summed E-state index contributed by atoms with van der Waals surface area (Å²) >= 11 is 5.94. The SMILES string of the molecule is CCOc1cc(F)ccc1NCc1ccc(Cl)cc1C. The van der Waals surface area contributed by atoms with E-state index in [1.165, 1.54) is 12.1 Å². The molecule has 0 fully saturated rings. The summed E-state index contributed by atoms with van der Waals surface area (Å²) in [6.07, 6.45) is 0. The third-order valence-corrected chi connectivity index (χ3v) is 3.25. The van der Waals surface area contributed by atoms with Crippen LogP contribution in [-0.2, 0) is 6.54 Å². The van der Waals surface area contributed by atoms with E-state index in [0.717, 1.165) is 21.8 Å². The van der Waals surface area contributed by atoms with E-state index in [1.54, 1.807) is 6.07 Å². The fourth-order valence-corrected chi connectivity index (χ4v) is 2.19. The summed E-state index contributed by atoms with van der Waals surface area (Å²) in [5.74, 6) is 0.223. The molecule has 0 aliphatic heterocycles. The minimum Gasteiger partial charge on any atom is -0.492 e. The summed E-state index contributed by atoms with van der Waals surface area (Å²) in [5.41, 5.74) is 3.04. The van der Waals surface area contributed by atoms with Crippen LogP contribution in [0.15, 0.2) is 36.4 Å². The topological polar surface area (TPSA) is 21.3 Å². The third kappa shape index (κ3) is 3.64. The van der Waals surface area contributed by atoms with Gasteiger partial charge in [0.25, 0.3) is 0 Å². The maximum Gasteiger partial charge on any atom is 0.145 e. The number of rotatable bonds is 5. The lowest BCUT2D eigenvalue weighted by molar-refractivity contribution is 0.340. The quantitative estimate of drug-likeness (QED) is 0.855. The van der Waals surface area contributed by atoms with Crippen LogP contribution in [0.2, 0.25) is 5.02 Å². The summed E-state index contributed by atoms with van der Waals surface area (Å²) in [6, 6.07) is 10.3. The molecular weight excluding hydrogens is 277 g/mol. The van der Waals surface area contributed by atoms with Gasteiger partial charge in [-0.05, 0) is 49.2 Å². The zero-order valence-corrected chi connectivity index (χ0v) is 12.3. The maximum atomic E-state index is 13.2. The Morgan fingerprint density at radius 2 is 2.00 bits per heavy atom. The van der Waals surface area contributed by atoms with Crippen molar-refractivity contribution >= 4 is 17.3 Å². The molecule has 0 saturated heterocycles. The molecule has 0 aromatic heterocycles. The van der Waals surface area contributed by atoms with E-state index in [9.17, 15) is 4.39 Å². The Kier molecular flexibility index (Phi) is 4.85. The predicted molar refractivity (Wildman–Crippen MR) is 81.1 cm³/mol. The second-order valence-electron chi connectivity index (χ2n) is 4.50. The number of hydrogen-bond donors (Lipinski definition) is 1. The van der Waals surface area contributed by atoms with Crippen LogP contribution in [0.1, 0.15) is 18.1 Å². The van der Waals surface area contributed by atoms with E-state index in [0.29, 0.717) is 18.9 Å². The summed E-state index contributed by atoms with van der Waals surface area (Å²) in [4.78, 5) is 0. The van der Waals surface area contributed by atoms with Crippen molar-refractivity contribution in [1.82, 2.24) is 0 Å². The van der Waals surface area contributed by atoms with E-state index in [2.05, 4.69) is 5.32 Å². The molecule has 0 atom stereocenters. The van der Waals surface area contributed by atoms with Gasteiger partial charge < -0.3 is 10.1 Å². The molecule has 0 bridgehead atoms. The fraction of sp³-hybridized carbons (Fsp3) is 0.250. The van der Waals surface area contributed by atoms with Gasteiger partial charge in [0.15, 0.2) is 0 Å². The van der Waals surface area contributed by atoms with Gasteiger partial charge >= 0.3 is 0 Å². The molecule has 0 saturated carbocycles. The minimum atomic E-state index is -0.304. The Bertz CT molecular complexity index is 601. The molecule has 106 valence electrons. The highest BCUT2D eigenvalue weighted by Crippen LogP contribution is 2.26. The second-order valence-corrected chi connectivity index (χ2v) is 4.93. The highest BCUT2D eigenvalue weighted by Gasteiger charge is 2.06. The number of halogens is 2. The Balaban J connectivity index is 2.14. The Hall–Kier alpha value is -1.74. The van der Waals surface area contributed by atoms with E-state index in [-0.39, 0.29) is 5.82 Å². The van der Waals surface area contributed by atoms with Gasteiger partial charge in [-0.3, -0.25) is 0 Å². The average molecular weight is 294 g/mol. The summed E-state index contributed by atoms with van der Waals surface area (Å²) in [7, 11) is 0. The maximum absolute atomic E-state index is 13.2. The van der Waals surface area contributed by atoms with Crippen molar-refractivity contribution in [3.8, 4) is 5.75 Å². The van der Waals surface area contributed by atoms with Gasteiger partial charge in [0, 0.05) is 17.6 Å². The molecule has 0 amide bonds. The van der Waals surface area contributed by atoms with Crippen molar-refractivity contribution in [2.24, 2.45) is 0 Å². The smallest absolute Gasteiger partial charge is 0.145 e. The molecule has 2 aromatic carbocycles. The van der Waals surface area contributed by atoms with Gasteiger partial charge in [-0.2, -0.15) is 0 Å². The molecule has 0 heterocycles. The van der Waals surface area contributed by atoms with Crippen LogP contribution < -0.4 is 10.1 Å². The van der Waals surface area contributed by atoms with Gasteiger partial charge in [-0.15, -0.1) is 0 Å². The summed E-state index contributed by atoms with van der Waals surface area (Å²) in [6.45, 7) is 5.02. The molecule has 0 radical (unpaired) electrons. The average Bonchev–Trinajstić information content (AvgIpc) is 2.40. The van der Waals surface area contributed by atoms with Crippen LogP contribution in [0.4, 0.5) is 10.1 Å². The molecule has 0 spiro atoms. The predicted octanol–water partition coefficient (Wildman–Crippen LogP) is 4.80. The first kappa shape index (κ1) is 14.7. The van der Waals surface area contributed by atoms with E-state index in [1.807, 2.05) is 32.0 Å². The lowest BCUT2D eigenvalue weighted by Gasteiger charge is -2.13. The van der Waals surface area contributed by atoms with Crippen molar-refractivity contribution in [1.29, 1.82) is 0 Å². The molecule has 2 aromatic rings. The minimum absolute atomic E-state index is 0.304. The largest absolute Gasteiger partial charge is 0.492 e. The van der Waals surface area contributed by atoms with Crippen LogP contribution in [0.25, 0.3) is 0 Å². The van der Waals surface area contributed by atoms with Crippen molar-refractivity contribution in [3.05, 3.63) is 58.4 Å². The number of hydrogen-bond acceptors (Lipinski definition) is 2. The lowest BCUT2D eigenvalue weighted by atomic mass is 10.1. The van der Waals surface area contributed by atoms with E-state index in [4.69, 9.17) is 16.3 Å². The first-order chi connectivity index (χ1) is 9.60. The summed E-state index contributed by atoms with van der Waals surface area (Å²) in [5, 5.41) is 3.99. The molecule has 20 heavy (non-hydrogen) atoms. The molecule has 0 aliphatic rings.